The number of carbonyl (C=O) groups is 1. The van der Waals surface area contributed by atoms with E-state index in [2.05, 4.69) is 32.8 Å². The zero-order chi connectivity index (χ0) is 24.5. The number of hydrogen-bond donors (Lipinski definition) is 3. The van der Waals surface area contributed by atoms with Crippen LogP contribution >= 0.6 is 0 Å². The van der Waals surface area contributed by atoms with Crippen molar-refractivity contribution in [2.45, 2.75) is 45.7 Å². The van der Waals surface area contributed by atoms with Gasteiger partial charge in [-0.05, 0) is 30.7 Å². The molecule has 34 heavy (non-hydrogen) atoms. The van der Waals surface area contributed by atoms with Gasteiger partial charge < -0.3 is 25.4 Å². The van der Waals surface area contributed by atoms with E-state index in [1.807, 2.05) is 12.1 Å². The van der Waals surface area contributed by atoms with E-state index < -0.39 is 0 Å². The topological polar surface area (TPSA) is 97.4 Å². The number of hydrogen-bond acceptors (Lipinski definition) is 7. The quantitative estimate of drug-likeness (QED) is 0.359. The molecule has 0 unspecified atom stereocenters. The van der Waals surface area contributed by atoms with Gasteiger partial charge in [0.2, 0.25) is 11.9 Å². The molecular weight excluding hydrogens is 437 g/mol. The molecule has 0 aliphatic rings. The van der Waals surface area contributed by atoms with Gasteiger partial charge in [-0.25, -0.2) is 9.37 Å². The van der Waals surface area contributed by atoms with Gasteiger partial charge in [0.05, 0.1) is 19.7 Å². The molecule has 1 amide bonds. The molecule has 0 radical (unpaired) electrons. The van der Waals surface area contributed by atoms with Crippen LogP contribution in [0.15, 0.2) is 36.4 Å². The third kappa shape index (κ3) is 6.69. The van der Waals surface area contributed by atoms with Crippen LogP contribution in [0.2, 0.25) is 0 Å². The summed E-state index contributed by atoms with van der Waals surface area (Å²) in [6.45, 7) is 4.48. The van der Waals surface area contributed by atoms with E-state index >= 15 is 0 Å². The van der Waals surface area contributed by atoms with Gasteiger partial charge in [0.25, 0.3) is 0 Å². The largest absolute Gasteiger partial charge is 0.497 e. The van der Waals surface area contributed by atoms with E-state index in [1.54, 1.807) is 26.4 Å². The van der Waals surface area contributed by atoms with Gasteiger partial charge in [-0.15, -0.1) is 0 Å². The van der Waals surface area contributed by atoms with E-state index in [-0.39, 0.29) is 17.8 Å². The molecule has 1 heterocycles. The van der Waals surface area contributed by atoms with Crippen molar-refractivity contribution in [2.75, 3.05) is 31.4 Å². The van der Waals surface area contributed by atoms with Crippen LogP contribution in [0.1, 0.15) is 38.7 Å². The van der Waals surface area contributed by atoms with E-state index in [0.717, 1.165) is 24.8 Å². The molecular formula is C25H32FN5O3. The van der Waals surface area contributed by atoms with Gasteiger partial charge in [-0.3, -0.25) is 4.79 Å². The number of nitrogens with one attached hydrogen (secondary N) is 3. The number of ether oxygens (including phenoxy) is 2. The van der Waals surface area contributed by atoms with Crippen LogP contribution in [0.3, 0.4) is 0 Å². The SMILES string of the molecule is CCCC[C@H](CNC(C)=O)Nc1nc(NCc2ccc(OC)cc2OC)nc2cc(F)ccc12. The van der Waals surface area contributed by atoms with Crippen molar-refractivity contribution in [2.24, 2.45) is 0 Å². The number of anilines is 2. The van der Waals surface area contributed by atoms with Crippen LogP contribution in [0.25, 0.3) is 10.9 Å². The standard InChI is InChI=1S/C25H32FN5O3/c1-5-6-7-19(15-27-16(2)32)29-24-21-11-9-18(26)12-22(21)30-25(31-24)28-14-17-8-10-20(33-3)13-23(17)34-4/h8-13,19H,5-7,14-15H2,1-4H3,(H,27,32)(H2,28,29,30,31)/t19-/m1/s1. The first-order valence-electron chi connectivity index (χ1n) is 11.4. The summed E-state index contributed by atoms with van der Waals surface area (Å²) < 4.78 is 24.7. The van der Waals surface area contributed by atoms with Gasteiger partial charge in [-0.2, -0.15) is 4.98 Å². The number of benzene rings is 2. The van der Waals surface area contributed by atoms with Gasteiger partial charge in [0, 0.05) is 49.1 Å². The zero-order valence-corrected chi connectivity index (χ0v) is 20.1. The summed E-state index contributed by atoms with van der Waals surface area (Å²) in [4.78, 5) is 20.6. The smallest absolute Gasteiger partial charge is 0.225 e. The number of amides is 1. The first-order valence-corrected chi connectivity index (χ1v) is 11.4. The lowest BCUT2D eigenvalue weighted by atomic mass is 10.1. The summed E-state index contributed by atoms with van der Waals surface area (Å²) in [5, 5.41) is 10.2. The molecule has 182 valence electrons. The van der Waals surface area contributed by atoms with E-state index in [1.165, 1.54) is 19.1 Å². The minimum atomic E-state index is -0.374. The van der Waals surface area contributed by atoms with Crippen LogP contribution < -0.4 is 25.4 Å². The molecule has 1 aromatic heterocycles. The second kappa shape index (κ2) is 12.0. The van der Waals surface area contributed by atoms with Gasteiger partial charge in [0.15, 0.2) is 0 Å². The van der Waals surface area contributed by atoms with Crippen LogP contribution in [-0.4, -0.2) is 42.7 Å². The van der Waals surface area contributed by atoms with Crippen molar-refractivity contribution in [3.05, 3.63) is 47.8 Å². The molecule has 3 rings (SSSR count). The Balaban J connectivity index is 1.88. The molecule has 0 spiro atoms. The van der Waals surface area contributed by atoms with E-state index in [4.69, 9.17) is 9.47 Å². The van der Waals surface area contributed by atoms with E-state index in [9.17, 15) is 9.18 Å². The fourth-order valence-corrected chi connectivity index (χ4v) is 3.60. The molecule has 0 saturated carbocycles. The Kier molecular flexibility index (Phi) is 8.84. The summed E-state index contributed by atoms with van der Waals surface area (Å²) >= 11 is 0. The average Bonchev–Trinajstić information content (AvgIpc) is 2.83. The molecule has 0 fully saturated rings. The van der Waals surface area contributed by atoms with Crippen LogP contribution in [-0.2, 0) is 11.3 Å². The van der Waals surface area contributed by atoms with Gasteiger partial charge >= 0.3 is 0 Å². The monoisotopic (exact) mass is 469 g/mol. The molecule has 1 atom stereocenters. The lowest BCUT2D eigenvalue weighted by molar-refractivity contribution is -0.119. The average molecular weight is 470 g/mol. The number of methoxy groups -OCH3 is 2. The Bertz CT molecular complexity index is 1130. The summed E-state index contributed by atoms with van der Waals surface area (Å²) in [7, 11) is 3.20. The van der Waals surface area contributed by atoms with Crippen molar-refractivity contribution < 1.29 is 18.7 Å². The van der Waals surface area contributed by atoms with Crippen molar-refractivity contribution in [3.63, 3.8) is 0 Å². The number of nitrogens with zero attached hydrogens (tertiary/aromatic N) is 2. The normalized spacial score (nSPS) is 11.7. The summed E-state index contributed by atoms with van der Waals surface area (Å²) in [5.41, 5.74) is 1.38. The molecule has 0 aliphatic carbocycles. The number of halogens is 1. The Morgan fingerprint density at radius 3 is 2.65 bits per heavy atom. The molecule has 3 aromatic rings. The van der Waals surface area contributed by atoms with E-state index in [0.29, 0.717) is 47.3 Å². The minimum Gasteiger partial charge on any atom is -0.497 e. The number of aromatic nitrogens is 2. The predicted molar refractivity (Wildman–Crippen MR) is 132 cm³/mol. The number of rotatable bonds is 12. The highest BCUT2D eigenvalue weighted by Gasteiger charge is 2.15. The van der Waals surface area contributed by atoms with Gasteiger partial charge in [-0.1, -0.05) is 19.8 Å². The maximum Gasteiger partial charge on any atom is 0.225 e. The van der Waals surface area contributed by atoms with Crippen LogP contribution in [0.5, 0.6) is 11.5 Å². The van der Waals surface area contributed by atoms with Crippen LogP contribution in [0.4, 0.5) is 16.2 Å². The Hall–Kier alpha value is -3.62. The number of carbonyl (C=O) groups excluding carboxylic acids is 1. The Morgan fingerprint density at radius 1 is 1.12 bits per heavy atom. The second-order valence-electron chi connectivity index (χ2n) is 8.01. The lowest BCUT2D eigenvalue weighted by Crippen LogP contribution is -2.35. The third-order valence-corrected chi connectivity index (χ3v) is 5.43. The van der Waals surface area contributed by atoms with Crippen molar-refractivity contribution in [3.8, 4) is 11.5 Å². The fourth-order valence-electron chi connectivity index (χ4n) is 3.60. The second-order valence-corrected chi connectivity index (χ2v) is 8.01. The Morgan fingerprint density at radius 2 is 1.94 bits per heavy atom. The first-order chi connectivity index (χ1) is 16.4. The molecule has 0 aliphatic heterocycles. The fraction of sp³-hybridized carbons (Fsp3) is 0.400. The lowest BCUT2D eigenvalue weighted by Gasteiger charge is -2.21. The van der Waals surface area contributed by atoms with Crippen LogP contribution in [0, 0.1) is 5.82 Å². The molecule has 0 saturated heterocycles. The van der Waals surface area contributed by atoms with Crippen molar-refractivity contribution in [1.29, 1.82) is 0 Å². The highest BCUT2D eigenvalue weighted by atomic mass is 19.1. The van der Waals surface area contributed by atoms with Crippen molar-refractivity contribution in [1.82, 2.24) is 15.3 Å². The molecule has 8 nitrogen and oxygen atoms in total. The molecule has 2 aromatic carbocycles. The summed E-state index contributed by atoms with van der Waals surface area (Å²) in [6, 6.07) is 9.97. The number of unbranched alkanes of at least 4 members (excludes halogenated alkanes) is 1. The van der Waals surface area contributed by atoms with Crippen molar-refractivity contribution >= 4 is 28.6 Å². The number of fused-ring (bicyclic) bond motifs is 1. The highest BCUT2D eigenvalue weighted by molar-refractivity contribution is 5.90. The maximum absolute atomic E-state index is 14.0. The Labute approximate surface area is 199 Å². The van der Waals surface area contributed by atoms with Gasteiger partial charge in [0.1, 0.15) is 23.1 Å². The summed E-state index contributed by atoms with van der Waals surface area (Å²) in [6.07, 6.45) is 2.89. The minimum absolute atomic E-state index is 0.0264. The summed E-state index contributed by atoms with van der Waals surface area (Å²) in [5.74, 6) is 1.84. The molecule has 3 N–H and O–H groups in total. The zero-order valence-electron chi connectivity index (χ0n) is 20.1. The third-order valence-electron chi connectivity index (χ3n) is 5.43. The molecule has 0 bridgehead atoms. The first kappa shape index (κ1) is 25.0. The maximum atomic E-state index is 14.0. The predicted octanol–water partition coefficient (Wildman–Crippen LogP) is 4.51. The highest BCUT2D eigenvalue weighted by Crippen LogP contribution is 2.27. The molecule has 9 heteroatoms.